The van der Waals surface area contributed by atoms with Crippen LogP contribution in [-0.2, 0) is 0 Å². The van der Waals surface area contributed by atoms with Gasteiger partial charge in [0.15, 0.2) is 0 Å². The van der Waals surface area contributed by atoms with Crippen LogP contribution < -0.4 is 10.6 Å². The molecule has 0 bridgehead atoms. The summed E-state index contributed by atoms with van der Waals surface area (Å²) in [6.07, 6.45) is 0. The number of hydrogen-bond acceptors (Lipinski definition) is 5. The summed E-state index contributed by atoms with van der Waals surface area (Å²) >= 11 is 5.78. The highest BCUT2D eigenvalue weighted by Gasteiger charge is 2.13. The largest absolute Gasteiger partial charge is 0.506 e. The van der Waals surface area contributed by atoms with E-state index in [1.54, 1.807) is 25.1 Å². The molecule has 5 nitrogen and oxygen atoms in total. The van der Waals surface area contributed by atoms with Gasteiger partial charge in [-0.25, -0.2) is 9.37 Å². The molecule has 0 saturated carbocycles. The summed E-state index contributed by atoms with van der Waals surface area (Å²) in [4.78, 5) is 9.72. The van der Waals surface area contributed by atoms with Crippen LogP contribution in [0.15, 0.2) is 18.2 Å². The zero-order valence-electron chi connectivity index (χ0n) is 10.4. The van der Waals surface area contributed by atoms with E-state index in [1.807, 2.05) is 0 Å². The first-order valence-electron chi connectivity index (χ1n) is 5.38. The number of phenolic OH excluding ortho intramolecular Hbond substituents is 1. The highest BCUT2D eigenvalue weighted by atomic mass is 35.5. The van der Waals surface area contributed by atoms with Gasteiger partial charge >= 0.3 is 0 Å². The zero-order chi connectivity index (χ0) is 14.2. The monoisotopic (exact) mass is 282 g/mol. The molecule has 1 aromatic carbocycles. The fraction of sp³-hybridized carbons (Fsp3) is 0.167. The third-order valence-electron chi connectivity index (χ3n) is 2.50. The number of nitrogen functional groups attached to an aromatic ring is 1. The average Bonchev–Trinajstić information content (AvgIpc) is 2.33. The maximum Gasteiger partial charge on any atom is 0.222 e. The van der Waals surface area contributed by atoms with Gasteiger partial charge in [0, 0.05) is 31.8 Å². The summed E-state index contributed by atoms with van der Waals surface area (Å²) in [5.41, 5.74) is 6.05. The molecule has 0 aliphatic carbocycles. The topological polar surface area (TPSA) is 75.3 Å². The van der Waals surface area contributed by atoms with Crippen molar-refractivity contribution in [2.45, 2.75) is 0 Å². The lowest BCUT2D eigenvalue weighted by Crippen LogP contribution is -2.12. The van der Waals surface area contributed by atoms with Crippen LogP contribution in [0.5, 0.6) is 5.75 Å². The van der Waals surface area contributed by atoms with Crippen molar-refractivity contribution in [2.24, 2.45) is 0 Å². The molecular formula is C12H12ClFN4O. The second-order valence-electron chi connectivity index (χ2n) is 4.15. The highest BCUT2D eigenvalue weighted by Crippen LogP contribution is 2.32. The average molecular weight is 283 g/mol. The van der Waals surface area contributed by atoms with Crippen LogP contribution in [0.4, 0.5) is 16.2 Å². The fourth-order valence-corrected chi connectivity index (χ4v) is 1.72. The number of hydrogen-bond donors (Lipinski definition) is 2. The number of phenols is 1. The van der Waals surface area contributed by atoms with E-state index >= 15 is 0 Å². The van der Waals surface area contributed by atoms with Crippen molar-refractivity contribution in [2.75, 3.05) is 24.7 Å². The molecule has 1 aromatic heterocycles. The molecule has 3 N–H and O–H groups in total. The van der Waals surface area contributed by atoms with Gasteiger partial charge in [0.2, 0.25) is 5.95 Å². The van der Waals surface area contributed by atoms with Gasteiger partial charge in [-0.2, -0.15) is 4.98 Å². The van der Waals surface area contributed by atoms with Crippen LogP contribution in [0.3, 0.4) is 0 Å². The Labute approximate surface area is 114 Å². The molecule has 7 heteroatoms. The van der Waals surface area contributed by atoms with Crippen LogP contribution in [-0.4, -0.2) is 29.2 Å². The summed E-state index contributed by atoms with van der Waals surface area (Å²) in [7, 11) is 3.57. The maximum absolute atomic E-state index is 13.8. The summed E-state index contributed by atoms with van der Waals surface area (Å²) < 4.78 is 13.8. The Bertz CT molecular complexity index is 633. The molecular weight excluding hydrogens is 271 g/mol. The molecule has 100 valence electrons. The molecule has 0 atom stereocenters. The van der Waals surface area contributed by atoms with Gasteiger partial charge in [-0.15, -0.1) is 0 Å². The zero-order valence-corrected chi connectivity index (χ0v) is 11.1. The first kappa shape index (κ1) is 13.4. The maximum atomic E-state index is 13.8. The van der Waals surface area contributed by atoms with Crippen LogP contribution in [0.1, 0.15) is 0 Å². The molecule has 0 saturated heterocycles. The standard InChI is InChI=1S/C12H12ClFN4O/c1-18(2)11-5-9(16-12(15)17-11)6-3-7(13)10(19)4-8(6)14/h3-5,19H,1-2H3,(H2,15,16,17). The van der Waals surface area contributed by atoms with Gasteiger partial charge in [0.25, 0.3) is 0 Å². The number of aromatic hydroxyl groups is 1. The number of aromatic nitrogens is 2. The van der Waals surface area contributed by atoms with E-state index < -0.39 is 5.82 Å². The second kappa shape index (κ2) is 4.89. The lowest BCUT2D eigenvalue weighted by atomic mass is 10.1. The van der Waals surface area contributed by atoms with Gasteiger partial charge in [-0.05, 0) is 6.07 Å². The first-order chi connectivity index (χ1) is 8.88. The van der Waals surface area contributed by atoms with Crippen LogP contribution in [0.25, 0.3) is 11.3 Å². The minimum Gasteiger partial charge on any atom is -0.506 e. The number of halogens is 2. The molecule has 0 radical (unpaired) electrons. The highest BCUT2D eigenvalue weighted by molar-refractivity contribution is 6.32. The molecule has 1 heterocycles. The molecule has 0 aliphatic rings. The Morgan fingerprint density at radius 2 is 1.95 bits per heavy atom. The Hall–Kier alpha value is -2.08. The molecule has 2 rings (SSSR count). The third-order valence-corrected chi connectivity index (χ3v) is 2.80. The number of nitrogens with zero attached hydrogens (tertiary/aromatic N) is 3. The minimum atomic E-state index is -0.635. The molecule has 0 unspecified atom stereocenters. The Balaban J connectivity index is 2.62. The predicted molar refractivity (Wildman–Crippen MR) is 72.8 cm³/mol. The van der Waals surface area contributed by atoms with E-state index in [0.29, 0.717) is 11.5 Å². The molecule has 0 fully saturated rings. The van der Waals surface area contributed by atoms with E-state index in [1.165, 1.54) is 6.07 Å². The summed E-state index contributed by atoms with van der Waals surface area (Å²) in [6, 6.07) is 3.82. The number of rotatable bonds is 2. The number of anilines is 2. The Morgan fingerprint density at radius 1 is 1.26 bits per heavy atom. The van der Waals surface area contributed by atoms with Crippen LogP contribution in [0, 0.1) is 5.82 Å². The van der Waals surface area contributed by atoms with E-state index in [9.17, 15) is 9.50 Å². The number of nitrogens with two attached hydrogens (primary N) is 1. The predicted octanol–water partition coefficient (Wildman–Crippen LogP) is 2.29. The van der Waals surface area contributed by atoms with Gasteiger partial charge in [-0.1, -0.05) is 11.6 Å². The molecule has 19 heavy (non-hydrogen) atoms. The van der Waals surface area contributed by atoms with E-state index in [0.717, 1.165) is 6.07 Å². The summed E-state index contributed by atoms with van der Waals surface area (Å²) in [5, 5.41) is 9.37. The summed E-state index contributed by atoms with van der Waals surface area (Å²) in [5.74, 6) is -0.377. The van der Waals surface area contributed by atoms with Gasteiger partial charge in [0.1, 0.15) is 17.4 Å². The molecule has 2 aromatic rings. The Kier molecular flexibility index (Phi) is 3.44. The van der Waals surface area contributed by atoms with Crippen molar-refractivity contribution in [3.05, 3.63) is 29.0 Å². The van der Waals surface area contributed by atoms with E-state index in [4.69, 9.17) is 17.3 Å². The molecule has 0 spiro atoms. The second-order valence-corrected chi connectivity index (χ2v) is 4.55. The normalized spacial score (nSPS) is 10.5. The lowest BCUT2D eigenvalue weighted by Gasteiger charge is -2.13. The minimum absolute atomic E-state index is 0.0322. The van der Waals surface area contributed by atoms with Crippen molar-refractivity contribution < 1.29 is 9.50 Å². The van der Waals surface area contributed by atoms with Crippen molar-refractivity contribution >= 4 is 23.4 Å². The van der Waals surface area contributed by atoms with Gasteiger partial charge < -0.3 is 15.7 Å². The smallest absolute Gasteiger partial charge is 0.222 e. The van der Waals surface area contributed by atoms with Gasteiger partial charge in [0.05, 0.1) is 10.7 Å². The van der Waals surface area contributed by atoms with Crippen LogP contribution in [0.2, 0.25) is 5.02 Å². The Morgan fingerprint density at radius 3 is 2.58 bits per heavy atom. The SMILES string of the molecule is CN(C)c1cc(-c2cc(Cl)c(O)cc2F)nc(N)n1. The molecule has 0 amide bonds. The third kappa shape index (κ3) is 2.68. The van der Waals surface area contributed by atoms with Crippen molar-refractivity contribution in [1.82, 2.24) is 9.97 Å². The van der Waals surface area contributed by atoms with Crippen molar-refractivity contribution in [3.63, 3.8) is 0 Å². The van der Waals surface area contributed by atoms with Crippen molar-refractivity contribution in [3.8, 4) is 17.0 Å². The quantitative estimate of drug-likeness (QED) is 0.884. The first-order valence-corrected chi connectivity index (χ1v) is 5.76. The van der Waals surface area contributed by atoms with Crippen LogP contribution >= 0.6 is 11.6 Å². The van der Waals surface area contributed by atoms with E-state index in [-0.39, 0.29) is 22.3 Å². The fourth-order valence-electron chi connectivity index (χ4n) is 1.55. The lowest BCUT2D eigenvalue weighted by molar-refractivity contribution is 0.469. The number of benzene rings is 1. The van der Waals surface area contributed by atoms with Gasteiger partial charge in [-0.3, -0.25) is 0 Å². The van der Waals surface area contributed by atoms with Crippen molar-refractivity contribution in [1.29, 1.82) is 0 Å². The molecule has 0 aliphatic heterocycles. The van der Waals surface area contributed by atoms with E-state index in [2.05, 4.69) is 9.97 Å². The summed E-state index contributed by atoms with van der Waals surface area (Å²) in [6.45, 7) is 0.